The summed E-state index contributed by atoms with van der Waals surface area (Å²) in [6.45, 7) is 0. The van der Waals surface area contributed by atoms with Gasteiger partial charge in [0.15, 0.2) is 11.0 Å². The molecule has 0 aromatic carbocycles. The highest BCUT2D eigenvalue weighted by Gasteiger charge is 2.26. The van der Waals surface area contributed by atoms with Crippen LogP contribution in [0.1, 0.15) is 10.6 Å². The molecule has 8 nitrogen and oxygen atoms in total. The van der Waals surface area contributed by atoms with Crippen LogP contribution in [-0.2, 0) is 0 Å². The van der Waals surface area contributed by atoms with Crippen LogP contribution in [0.25, 0.3) is 0 Å². The molecule has 0 amide bonds. The Kier molecular flexibility index (Phi) is 2.43. The Morgan fingerprint density at radius 3 is 3.00 bits per heavy atom. The Hall–Kier alpha value is -2.86. The van der Waals surface area contributed by atoms with Crippen LogP contribution in [0.15, 0.2) is 29.2 Å². The number of nitrogens with two attached hydrogens (primary N) is 1. The smallest absolute Gasteiger partial charge is 0.290 e. The normalized spacial score (nSPS) is 16.1. The molecular formula is C10H5N7OS. The van der Waals surface area contributed by atoms with Gasteiger partial charge in [0.25, 0.3) is 5.91 Å². The number of aliphatic imine (C=N–C) groups is 1. The highest BCUT2D eigenvalue weighted by atomic mass is 32.1. The van der Waals surface area contributed by atoms with Crippen molar-refractivity contribution in [3.8, 4) is 6.07 Å². The average Bonchev–Trinajstić information content (AvgIpc) is 3.02. The van der Waals surface area contributed by atoms with Gasteiger partial charge in [-0.25, -0.2) is 15.0 Å². The summed E-state index contributed by atoms with van der Waals surface area (Å²) in [5.41, 5.74) is 5.84. The van der Waals surface area contributed by atoms with Gasteiger partial charge in [0.05, 0.1) is 6.20 Å². The van der Waals surface area contributed by atoms with E-state index in [0.29, 0.717) is 15.8 Å². The van der Waals surface area contributed by atoms with Gasteiger partial charge in [-0.2, -0.15) is 15.0 Å². The first-order valence-electron chi connectivity index (χ1n) is 5.06. The third-order valence-electron chi connectivity index (χ3n) is 2.34. The zero-order valence-electron chi connectivity index (χ0n) is 9.31. The number of allylic oxidation sites excluding steroid dienone is 2. The molecule has 1 aliphatic rings. The number of nitriles is 1. The minimum Gasteiger partial charge on any atom is -0.375 e. The molecule has 19 heavy (non-hydrogen) atoms. The van der Waals surface area contributed by atoms with Crippen LogP contribution in [0.5, 0.6) is 0 Å². The summed E-state index contributed by atoms with van der Waals surface area (Å²) >= 11 is 1.19. The van der Waals surface area contributed by atoms with E-state index in [-0.39, 0.29) is 11.4 Å². The third kappa shape index (κ3) is 1.80. The van der Waals surface area contributed by atoms with Crippen LogP contribution >= 0.6 is 11.3 Å². The van der Waals surface area contributed by atoms with Crippen molar-refractivity contribution >= 4 is 33.1 Å². The topological polar surface area (TPSA) is 123 Å². The Bertz CT molecular complexity index is 776. The highest BCUT2D eigenvalue weighted by molar-refractivity contribution is 7.19. The van der Waals surface area contributed by atoms with Crippen molar-refractivity contribution in [1.82, 2.24) is 19.7 Å². The quantitative estimate of drug-likeness (QED) is 0.807. The first-order chi connectivity index (χ1) is 9.19. The number of hydrogen-bond acceptors (Lipinski definition) is 8. The van der Waals surface area contributed by atoms with E-state index in [1.54, 1.807) is 0 Å². The van der Waals surface area contributed by atoms with Crippen molar-refractivity contribution in [1.29, 1.82) is 5.26 Å². The number of hydrogen-bond donors (Lipinski definition) is 1. The van der Waals surface area contributed by atoms with Crippen LogP contribution in [0.3, 0.4) is 0 Å². The second-order valence-electron chi connectivity index (χ2n) is 3.50. The molecule has 92 valence electrons. The van der Waals surface area contributed by atoms with Crippen molar-refractivity contribution < 1.29 is 4.79 Å². The van der Waals surface area contributed by atoms with Crippen LogP contribution in [0, 0.1) is 11.3 Å². The molecule has 0 spiro atoms. The highest BCUT2D eigenvalue weighted by Crippen LogP contribution is 2.25. The van der Waals surface area contributed by atoms with Gasteiger partial charge in [0, 0.05) is 0 Å². The summed E-state index contributed by atoms with van der Waals surface area (Å²) in [5, 5.41) is 13.7. The lowest BCUT2D eigenvalue weighted by molar-refractivity contribution is 0.0943. The molecule has 3 heterocycles. The van der Waals surface area contributed by atoms with E-state index in [4.69, 9.17) is 11.0 Å². The average molecular weight is 271 g/mol. The largest absolute Gasteiger partial charge is 0.375 e. The molecule has 0 aliphatic carbocycles. The number of thiazole rings is 1. The molecule has 2 aromatic heterocycles. The van der Waals surface area contributed by atoms with E-state index >= 15 is 0 Å². The van der Waals surface area contributed by atoms with Crippen LogP contribution < -0.4 is 5.73 Å². The minimum absolute atomic E-state index is 0.0470. The lowest BCUT2D eigenvalue weighted by atomic mass is 10.1. The Labute approximate surface area is 110 Å². The number of anilines is 1. The Morgan fingerprint density at radius 1 is 1.47 bits per heavy atom. The number of fused-ring (bicyclic) bond motifs is 1. The maximum Gasteiger partial charge on any atom is 0.290 e. The second-order valence-corrected chi connectivity index (χ2v) is 4.54. The van der Waals surface area contributed by atoms with Gasteiger partial charge in [0.1, 0.15) is 28.7 Å². The molecule has 0 radical (unpaired) electrons. The molecular weight excluding hydrogens is 266 g/mol. The molecule has 3 rings (SSSR count). The lowest BCUT2D eigenvalue weighted by Gasteiger charge is -2.09. The van der Waals surface area contributed by atoms with Crippen molar-refractivity contribution in [3.63, 3.8) is 0 Å². The number of rotatable bonds is 1. The summed E-state index contributed by atoms with van der Waals surface area (Å²) in [7, 11) is 0. The summed E-state index contributed by atoms with van der Waals surface area (Å²) in [4.78, 5) is 23.9. The zero-order chi connectivity index (χ0) is 13.4. The number of carbonyl (C=O) groups excluding carboxylic acids is 1. The van der Waals surface area contributed by atoms with Gasteiger partial charge < -0.3 is 5.73 Å². The molecule has 2 aromatic rings. The van der Waals surface area contributed by atoms with Gasteiger partial charge in [-0.05, 0) is 6.08 Å². The maximum atomic E-state index is 11.8. The van der Waals surface area contributed by atoms with E-state index in [0.717, 1.165) is 4.68 Å². The Balaban J connectivity index is 2.16. The van der Waals surface area contributed by atoms with Crippen LogP contribution in [0.4, 0.5) is 10.1 Å². The third-order valence-corrected chi connectivity index (χ3v) is 3.06. The number of carbonyl (C=O) groups is 1. The standard InChI is InChI=1S/C10H5N7OS/c11-2-5-1-6(16-7-3-13-10(12)19-7)8-14-4-15-17(8)9(5)18/h1,3-4H,(H2,12,13)/b16-6-. The minimum atomic E-state index is -0.516. The van der Waals surface area contributed by atoms with E-state index < -0.39 is 5.91 Å². The summed E-state index contributed by atoms with van der Waals surface area (Å²) < 4.78 is 1.04. The van der Waals surface area contributed by atoms with E-state index in [1.165, 1.54) is 29.9 Å². The van der Waals surface area contributed by atoms with Gasteiger partial charge in [-0.1, -0.05) is 11.3 Å². The summed E-state index contributed by atoms with van der Waals surface area (Å²) in [6, 6.07) is 1.81. The van der Waals surface area contributed by atoms with Crippen molar-refractivity contribution in [2.75, 3.05) is 5.73 Å². The van der Waals surface area contributed by atoms with Gasteiger partial charge in [-0.15, -0.1) is 0 Å². The maximum absolute atomic E-state index is 11.8. The van der Waals surface area contributed by atoms with Crippen molar-refractivity contribution in [2.45, 2.75) is 0 Å². The van der Waals surface area contributed by atoms with Gasteiger partial charge >= 0.3 is 0 Å². The molecule has 2 N–H and O–H groups in total. The van der Waals surface area contributed by atoms with E-state index in [1.807, 2.05) is 6.07 Å². The van der Waals surface area contributed by atoms with Gasteiger partial charge in [-0.3, -0.25) is 4.79 Å². The molecule has 0 unspecified atom stereocenters. The molecule has 0 saturated carbocycles. The molecule has 1 aliphatic heterocycles. The Morgan fingerprint density at radius 2 is 2.32 bits per heavy atom. The van der Waals surface area contributed by atoms with Crippen molar-refractivity contribution in [3.05, 3.63) is 30.0 Å². The fourth-order valence-electron chi connectivity index (χ4n) is 1.55. The molecule has 0 bridgehead atoms. The molecule has 0 saturated heterocycles. The molecule has 0 fully saturated rings. The fraction of sp³-hybridized carbons (Fsp3) is 0. The fourth-order valence-corrected chi connectivity index (χ4v) is 2.12. The van der Waals surface area contributed by atoms with Crippen LogP contribution in [-0.4, -0.2) is 31.4 Å². The predicted molar refractivity (Wildman–Crippen MR) is 67.1 cm³/mol. The summed E-state index contributed by atoms with van der Waals surface area (Å²) in [6.07, 6.45) is 4.12. The number of nitrogen functional groups attached to an aromatic ring is 1. The number of nitrogens with zero attached hydrogens (tertiary/aromatic N) is 6. The van der Waals surface area contributed by atoms with Crippen molar-refractivity contribution in [2.24, 2.45) is 4.99 Å². The zero-order valence-corrected chi connectivity index (χ0v) is 10.1. The lowest BCUT2D eigenvalue weighted by Crippen LogP contribution is -2.25. The first kappa shape index (κ1) is 11.2. The summed E-state index contributed by atoms with van der Waals surface area (Å²) in [5.74, 6) is -0.228. The molecule has 0 atom stereocenters. The second kappa shape index (κ2) is 4.11. The SMILES string of the molecule is N#CC1=C/C(=N/c2cnc(N)s2)c2ncnn2C1=O. The van der Waals surface area contributed by atoms with E-state index in [9.17, 15) is 4.79 Å². The number of aromatic nitrogens is 4. The van der Waals surface area contributed by atoms with Crippen LogP contribution in [0.2, 0.25) is 0 Å². The monoisotopic (exact) mass is 271 g/mol. The first-order valence-corrected chi connectivity index (χ1v) is 5.87. The van der Waals surface area contributed by atoms with Gasteiger partial charge in [0.2, 0.25) is 0 Å². The molecule has 9 heteroatoms. The van der Waals surface area contributed by atoms with E-state index in [2.05, 4.69) is 20.1 Å². The predicted octanol–water partition coefficient (Wildman–Crippen LogP) is 0.541.